The molecule has 110 valence electrons. The van der Waals surface area contributed by atoms with Gasteiger partial charge in [-0.1, -0.05) is 40.7 Å². The van der Waals surface area contributed by atoms with Gasteiger partial charge >= 0.3 is 5.51 Å². The second-order valence-electron chi connectivity index (χ2n) is 6.46. The zero-order chi connectivity index (χ0) is 15.3. The predicted molar refractivity (Wildman–Crippen MR) is 80.5 cm³/mol. The van der Waals surface area contributed by atoms with Crippen molar-refractivity contribution < 1.29 is 13.2 Å². The summed E-state index contributed by atoms with van der Waals surface area (Å²) < 4.78 is 40.8. The van der Waals surface area contributed by atoms with Gasteiger partial charge in [0.2, 0.25) is 0 Å². The largest absolute Gasteiger partial charge is 0.600 e. The molecule has 0 aliphatic rings. The first-order valence-electron chi connectivity index (χ1n) is 6.69. The van der Waals surface area contributed by atoms with Crippen LogP contribution < -0.4 is 0 Å². The second kappa shape index (κ2) is 4.76. The summed E-state index contributed by atoms with van der Waals surface area (Å²) in [4.78, 5) is 0.499. The molecule has 0 amide bonds. The molecule has 4 heteroatoms. The molecule has 0 aliphatic heterocycles. The summed E-state index contributed by atoms with van der Waals surface area (Å²) in [7, 11) is -1.77. The van der Waals surface area contributed by atoms with Gasteiger partial charge in [0, 0.05) is 23.4 Å². The number of hydrogen-bond donors (Lipinski definition) is 0. The lowest BCUT2D eigenvalue weighted by molar-refractivity contribution is -0.0868. The number of thiophene rings is 1. The fraction of sp³-hybridized carbons (Fsp3) is 0.500. The van der Waals surface area contributed by atoms with Gasteiger partial charge in [0.25, 0.3) is 0 Å². The third kappa shape index (κ3) is 2.71. The van der Waals surface area contributed by atoms with E-state index in [1.54, 1.807) is 12.1 Å². The highest BCUT2D eigenvalue weighted by molar-refractivity contribution is 7.38. The van der Waals surface area contributed by atoms with Crippen molar-refractivity contribution in [3.63, 3.8) is 0 Å². The van der Waals surface area contributed by atoms with Gasteiger partial charge < -0.3 is 0 Å². The van der Waals surface area contributed by atoms with E-state index in [-0.39, 0.29) is 11.3 Å². The van der Waals surface area contributed by atoms with Gasteiger partial charge in [0.1, 0.15) is 0 Å². The first kappa shape index (κ1) is 15.4. The van der Waals surface area contributed by atoms with Gasteiger partial charge in [-0.2, -0.15) is 0 Å². The minimum atomic E-state index is -4.20. The van der Waals surface area contributed by atoms with Gasteiger partial charge in [0.15, 0.2) is 9.58 Å². The summed E-state index contributed by atoms with van der Waals surface area (Å²) >= 11 is 0. The number of fused-ring (bicyclic) bond motifs is 1. The fourth-order valence-electron chi connectivity index (χ4n) is 2.30. The lowest BCUT2D eigenvalue weighted by Crippen LogP contribution is -2.10. The third-order valence-electron chi connectivity index (χ3n) is 3.43. The van der Waals surface area contributed by atoms with Crippen LogP contribution >= 0.6 is 10.5 Å². The lowest BCUT2D eigenvalue weighted by atomic mass is 9.87. The molecule has 1 atom stereocenters. The van der Waals surface area contributed by atoms with Crippen LogP contribution in [0, 0.1) is 0 Å². The first-order chi connectivity index (χ1) is 9.01. The van der Waals surface area contributed by atoms with Crippen molar-refractivity contribution in [3.8, 4) is 0 Å². The van der Waals surface area contributed by atoms with Gasteiger partial charge in [0.05, 0.1) is 10.5 Å². The zero-order valence-electron chi connectivity index (χ0n) is 12.4. The van der Waals surface area contributed by atoms with Crippen LogP contribution in [0.2, 0.25) is 0 Å². The summed E-state index contributed by atoms with van der Waals surface area (Å²) in [6, 6.07) is 7.24. The lowest BCUT2D eigenvalue weighted by Gasteiger charge is -2.18. The summed E-state index contributed by atoms with van der Waals surface area (Å²) in [5.74, 6) is -0.0922. The van der Waals surface area contributed by atoms with Gasteiger partial charge in [-0.05, 0) is 17.0 Å². The topological polar surface area (TPSA) is 0 Å². The van der Waals surface area contributed by atoms with E-state index in [0.29, 0.717) is 9.58 Å². The molecule has 0 saturated carbocycles. The van der Waals surface area contributed by atoms with E-state index in [1.165, 1.54) is 0 Å². The van der Waals surface area contributed by atoms with E-state index in [4.69, 9.17) is 0 Å². The quantitative estimate of drug-likeness (QED) is 0.528. The van der Waals surface area contributed by atoms with Crippen LogP contribution in [0.1, 0.15) is 51.0 Å². The van der Waals surface area contributed by atoms with E-state index in [1.807, 2.05) is 46.8 Å². The Bertz CT molecular complexity index is 627. The van der Waals surface area contributed by atoms with Crippen LogP contribution in [-0.2, 0) is 10.9 Å². The average Bonchev–Trinajstić information content (AvgIpc) is 2.65. The Kier molecular flexibility index (Phi) is 3.66. The van der Waals surface area contributed by atoms with Crippen molar-refractivity contribution in [1.82, 2.24) is 0 Å². The SMILES string of the molecule is CC(C)c1cc2ccc(C(C)(C)C)cc2[s+]1C(F)(F)F. The number of halogens is 3. The van der Waals surface area contributed by atoms with E-state index in [0.717, 1.165) is 10.9 Å². The molecule has 0 radical (unpaired) electrons. The molecule has 0 fully saturated rings. The summed E-state index contributed by atoms with van der Waals surface area (Å²) in [6.07, 6.45) is 0. The Labute approximate surface area is 120 Å². The van der Waals surface area contributed by atoms with Crippen LogP contribution in [0.25, 0.3) is 10.1 Å². The van der Waals surface area contributed by atoms with Crippen molar-refractivity contribution in [2.45, 2.75) is 51.5 Å². The Morgan fingerprint density at radius 2 is 1.60 bits per heavy atom. The molecule has 1 aromatic carbocycles. The number of hydrogen-bond acceptors (Lipinski definition) is 0. The number of benzene rings is 1. The van der Waals surface area contributed by atoms with E-state index in [9.17, 15) is 13.2 Å². The van der Waals surface area contributed by atoms with E-state index in [2.05, 4.69) is 0 Å². The van der Waals surface area contributed by atoms with Crippen molar-refractivity contribution in [1.29, 1.82) is 0 Å². The van der Waals surface area contributed by atoms with Crippen molar-refractivity contribution in [2.24, 2.45) is 0 Å². The van der Waals surface area contributed by atoms with Crippen molar-refractivity contribution in [3.05, 3.63) is 34.7 Å². The molecular formula is C16H20F3S+. The molecule has 0 bridgehead atoms. The third-order valence-corrected chi connectivity index (χ3v) is 5.75. The molecule has 20 heavy (non-hydrogen) atoms. The van der Waals surface area contributed by atoms with Crippen LogP contribution in [0.4, 0.5) is 13.2 Å². The van der Waals surface area contributed by atoms with E-state index >= 15 is 0 Å². The first-order valence-corrected chi connectivity index (χ1v) is 7.91. The summed E-state index contributed by atoms with van der Waals surface area (Å²) in [5.41, 5.74) is -3.38. The highest BCUT2D eigenvalue weighted by atomic mass is 32.2. The molecule has 0 N–H and O–H groups in total. The summed E-state index contributed by atoms with van der Waals surface area (Å²) in [6.45, 7) is 9.72. The minimum Gasteiger partial charge on any atom is -0.118 e. The fourth-order valence-corrected chi connectivity index (χ4v) is 4.39. The normalized spacial score (nSPS) is 14.3. The molecule has 0 nitrogen and oxygen atoms in total. The van der Waals surface area contributed by atoms with Gasteiger partial charge in [-0.3, -0.25) is 0 Å². The number of alkyl halides is 3. The minimum absolute atomic E-state index is 0.0922. The molecular weight excluding hydrogens is 281 g/mol. The molecule has 0 saturated heterocycles. The Hall–Kier alpha value is -1.03. The highest BCUT2D eigenvalue weighted by Crippen LogP contribution is 2.53. The predicted octanol–water partition coefficient (Wildman–Crippen LogP) is 6.49. The van der Waals surface area contributed by atoms with E-state index < -0.39 is 16.0 Å². The Morgan fingerprint density at radius 3 is 2.05 bits per heavy atom. The molecule has 1 unspecified atom stereocenters. The Balaban J connectivity index is 2.80. The van der Waals surface area contributed by atoms with Crippen molar-refractivity contribution >= 4 is 20.6 Å². The zero-order valence-corrected chi connectivity index (χ0v) is 13.2. The monoisotopic (exact) mass is 301 g/mol. The highest BCUT2D eigenvalue weighted by Gasteiger charge is 2.48. The molecule has 1 heterocycles. The maximum Gasteiger partial charge on any atom is 0.600 e. The molecule has 2 rings (SSSR count). The molecule has 1 aromatic heterocycles. The summed E-state index contributed by atoms with van der Waals surface area (Å²) in [5, 5.41) is 0.724. The van der Waals surface area contributed by atoms with Crippen LogP contribution in [0.15, 0.2) is 24.3 Å². The number of rotatable bonds is 1. The van der Waals surface area contributed by atoms with Gasteiger partial charge in [-0.15, -0.1) is 13.2 Å². The molecule has 2 aromatic rings. The molecule has 0 spiro atoms. The maximum absolute atomic E-state index is 13.4. The Morgan fingerprint density at radius 1 is 1.00 bits per heavy atom. The second-order valence-corrected chi connectivity index (χ2v) is 8.44. The maximum atomic E-state index is 13.4. The van der Waals surface area contributed by atoms with Crippen LogP contribution in [-0.4, -0.2) is 0 Å². The van der Waals surface area contributed by atoms with Crippen LogP contribution in [0.5, 0.6) is 0 Å². The standard InChI is InChI=1S/C16H20F3S/c1-10(2)13-8-11-6-7-12(15(3,4)5)9-14(11)20(13)16(17,18)19/h6-10H,1-5H3/q+1. The average molecular weight is 301 g/mol. The van der Waals surface area contributed by atoms with Gasteiger partial charge in [-0.25, -0.2) is 0 Å². The van der Waals surface area contributed by atoms with Crippen molar-refractivity contribution in [2.75, 3.05) is 0 Å². The molecule has 0 aliphatic carbocycles. The smallest absolute Gasteiger partial charge is 0.118 e. The van der Waals surface area contributed by atoms with Crippen LogP contribution in [0.3, 0.4) is 0 Å².